The van der Waals surface area contributed by atoms with E-state index in [1.54, 1.807) is 0 Å². The normalized spacial score (nSPS) is 21.4. The third-order valence-corrected chi connectivity index (χ3v) is 4.11. The molecule has 1 rings (SSSR count). The minimum absolute atomic E-state index is 0.202. The second-order valence-electron chi connectivity index (χ2n) is 6.28. The second kappa shape index (κ2) is 13.1. The number of nitrogens with zero attached hydrogens (tertiary/aromatic N) is 1. The third-order valence-electron chi connectivity index (χ3n) is 4.11. The number of aliphatic hydroxyl groups is 1. The molecule has 2 atom stereocenters. The Labute approximate surface area is 156 Å². The van der Waals surface area contributed by atoms with E-state index >= 15 is 0 Å². The van der Waals surface area contributed by atoms with E-state index in [-0.39, 0.29) is 12.3 Å². The first kappa shape index (κ1) is 21.9. The number of aliphatic carboxylic acids is 1. The molecule has 0 heterocycles. The van der Waals surface area contributed by atoms with Gasteiger partial charge in [-0.2, -0.15) is 0 Å². The minimum atomic E-state index is -0.755. The van der Waals surface area contributed by atoms with E-state index in [2.05, 4.69) is 30.3 Å². The van der Waals surface area contributed by atoms with Crippen LogP contribution in [0, 0.1) is 5.92 Å². The van der Waals surface area contributed by atoms with Crippen molar-refractivity contribution in [3.8, 4) is 0 Å². The van der Waals surface area contributed by atoms with Crippen LogP contribution < -0.4 is 0 Å². The van der Waals surface area contributed by atoms with Crippen molar-refractivity contribution in [3.63, 3.8) is 0 Å². The minimum Gasteiger partial charge on any atom is -0.481 e. The maximum atomic E-state index is 10.5. The van der Waals surface area contributed by atoms with E-state index in [1.165, 1.54) is 7.11 Å². The first-order valence-electron chi connectivity index (χ1n) is 9.28. The summed E-state index contributed by atoms with van der Waals surface area (Å²) in [6, 6.07) is 0. The fourth-order valence-electron chi connectivity index (χ4n) is 2.75. The molecule has 0 saturated heterocycles. The standard InChI is InChI=1S/C21H31NO4/c1-3-4-7-11-18(23)14-15-19-17(13-16-20(19)22-26-2)10-8-5-6-9-12-21(24)25/h4-5,7-8,13,15-18,23H,3,6,9-12,14H2,1-2H3,(H,24,25)/b7-4-,8-5-,19-15+,22-20-/t17-,18-/m0/s1. The first-order valence-corrected chi connectivity index (χ1v) is 9.28. The molecular formula is C21H31NO4. The molecule has 0 aromatic heterocycles. The number of carbonyl (C=O) groups is 1. The number of carboxylic acid groups (broad SMARTS) is 1. The highest BCUT2D eigenvalue weighted by Gasteiger charge is 2.21. The molecule has 0 radical (unpaired) electrons. The molecule has 0 bridgehead atoms. The Kier molecular flexibility index (Phi) is 11.0. The molecule has 0 amide bonds. The van der Waals surface area contributed by atoms with E-state index in [0.717, 1.165) is 30.5 Å². The van der Waals surface area contributed by atoms with E-state index < -0.39 is 12.1 Å². The summed E-state index contributed by atoms with van der Waals surface area (Å²) in [5, 5.41) is 22.8. The van der Waals surface area contributed by atoms with Gasteiger partial charge in [0.05, 0.1) is 6.10 Å². The highest BCUT2D eigenvalue weighted by atomic mass is 16.6. The lowest BCUT2D eigenvalue weighted by molar-refractivity contribution is -0.137. The summed E-state index contributed by atoms with van der Waals surface area (Å²) in [6.07, 6.45) is 18.5. The summed E-state index contributed by atoms with van der Waals surface area (Å²) < 4.78 is 0. The number of aliphatic hydroxyl groups excluding tert-OH is 1. The lowest BCUT2D eigenvalue weighted by Gasteiger charge is -2.11. The smallest absolute Gasteiger partial charge is 0.303 e. The van der Waals surface area contributed by atoms with E-state index in [1.807, 2.05) is 24.3 Å². The maximum absolute atomic E-state index is 10.5. The van der Waals surface area contributed by atoms with Gasteiger partial charge in [-0.1, -0.05) is 48.5 Å². The van der Waals surface area contributed by atoms with Crippen molar-refractivity contribution in [3.05, 3.63) is 48.1 Å². The van der Waals surface area contributed by atoms with Gasteiger partial charge in [-0.05, 0) is 50.2 Å². The van der Waals surface area contributed by atoms with Crippen molar-refractivity contribution in [2.75, 3.05) is 7.11 Å². The van der Waals surface area contributed by atoms with Gasteiger partial charge < -0.3 is 15.1 Å². The van der Waals surface area contributed by atoms with Crippen LogP contribution in [0.25, 0.3) is 0 Å². The molecule has 26 heavy (non-hydrogen) atoms. The molecule has 0 aromatic rings. The predicted octanol–water partition coefficient (Wildman–Crippen LogP) is 4.41. The first-order chi connectivity index (χ1) is 12.6. The SMILES string of the molecule is CC/C=C\C[C@H](O)C/C=C1/C(=N\OC)C=C[C@@H]1C/C=C\CCCC(=O)O. The summed E-state index contributed by atoms with van der Waals surface area (Å²) in [4.78, 5) is 15.4. The second-order valence-corrected chi connectivity index (χ2v) is 6.28. The Morgan fingerprint density at radius 1 is 1.31 bits per heavy atom. The zero-order valence-electron chi connectivity index (χ0n) is 15.8. The number of hydrogen-bond acceptors (Lipinski definition) is 4. The van der Waals surface area contributed by atoms with Gasteiger partial charge in [0, 0.05) is 12.3 Å². The van der Waals surface area contributed by atoms with Gasteiger partial charge in [-0.3, -0.25) is 4.79 Å². The fourth-order valence-corrected chi connectivity index (χ4v) is 2.75. The lowest BCUT2D eigenvalue weighted by atomic mass is 9.95. The highest BCUT2D eigenvalue weighted by Crippen LogP contribution is 2.27. The largest absolute Gasteiger partial charge is 0.481 e. The Bertz CT molecular complexity index is 573. The average molecular weight is 361 g/mol. The number of hydrogen-bond donors (Lipinski definition) is 2. The van der Waals surface area contributed by atoms with Gasteiger partial charge in [-0.15, -0.1) is 0 Å². The van der Waals surface area contributed by atoms with Crippen molar-refractivity contribution in [1.29, 1.82) is 0 Å². The van der Waals surface area contributed by atoms with E-state index in [4.69, 9.17) is 9.94 Å². The summed E-state index contributed by atoms with van der Waals surface area (Å²) in [5.74, 6) is -0.548. The summed E-state index contributed by atoms with van der Waals surface area (Å²) >= 11 is 0. The van der Waals surface area contributed by atoms with Crippen LogP contribution in [0.4, 0.5) is 0 Å². The molecule has 0 unspecified atom stereocenters. The van der Waals surface area contributed by atoms with Crippen molar-refractivity contribution in [2.45, 2.75) is 58.0 Å². The fraction of sp³-hybridized carbons (Fsp3) is 0.524. The molecule has 0 saturated carbocycles. The Balaban J connectivity index is 2.60. The third kappa shape index (κ3) is 8.81. The maximum Gasteiger partial charge on any atom is 0.303 e. The van der Waals surface area contributed by atoms with Crippen molar-refractivity contribution in [1.82, 2.24) is 0 Å². The molecule has 144 valence electrons. The van der Waals surface area contributed by atoms with Crippen molar-refractivity contribution >= 4 is 11.7 Å². The lowest BCUT2D eigenvalue weighted by Crippen LogP contribution is -2.07. The van der Waals surface area contributed by atoms with Crippen LogP contribution in [0.1, 0.15) is 51.9 Å². The van der Waals surface area contributed by atoms with Crippen molar-refractivity contribution in [2.24, 2.45) is 11.1 Å². The zero-order valence-corrected chi connectivity index (χ0v) is 15.8. The van der Waals surface area contributed by atoms with Gasteiger partial charge >= 0.3 is 5.97 Å². The van der Waals surface area contributed by atoms with Gasteiger partial charge in [0.2, 0.25) is 0 Å². The Hall–Kier alpha value is -2.14. The average Bonchev–Trinajstić information content (AvgIpc) is 2.98. The van der Waals surface area contributed by atoms with Crippen LogP contribution in [-0.2, 0) is 9.63 Å². The van der Waals surface area contributed by atoms with E-state index in [0.29, 0.717) is 19.3 Å². The molecule has 0 aromatic carbocycles. The van der Waals surface area contributed by atoms with Crippen LogP contribution in [-0.4, -0.2) is 35.1 Å². The monoisotopic (exact) mass is 361 g/mol. The number of unbranched alkanes of at least 4 members (excludes halogenated alkanes) is 1. The summed E-state index contributed by atoms with van der Waals surface area (Å²) in [5.41, 5.74) is 1.87. The quantitative estimate of drug-likeness (QED) is 0.306. The van der Waals surface area contributed by atoms with Crippen LogP contribution in [0.15, 0.2) is 53.3 Å². The van der Waals surface area contributed by atoms with Crippen LogP contribution >= 0.6 is 0 Å². The molecule has 2 N–H and O–H groups in total. The van der Waals surface area contributed by atoms with E-state index in [9.17, 15) is 9.90 Å². The van der Waals surface area contributed by atoms with Gasteiger partial charge in [-0.25, -0.2) is 0 Å². The Morgan fingerprint density at radius 2 is 2.12 bits per heavy atom. The number of carboxylic acids is 1. The number of allylic oxidation sites excluding steroid dienone is 6. The highest BCUT2D eigenvalue weighted by molar-refractivity contribution is 6.11. The molecule has 1 aliphatic carbocycles. The Morgan fingerprint density at radius 3 is 2.81 bits per heavy atom. The molecular weight excluding hydrogens is 330 g/mol. The summed E-state index contributed by atoms with van der Waals surface area (Å²) in [7, 11) is 1.53. The van der Waals surface area contributed by atoms with Gasteiger partial charge in [0.15, 0.2) is 0 Å². The molecule has 1 aliphatic rings. The van der Waals surface area contributed by atoms with Crippen LogP contribution in [0.3, 0.4) is 0 Å². The molecule has 0 fully saturated rings. The van der Waals surface area contributed by atoms with Gasteiger partial charge in [0.25, 0.3) is 0 Å². The van der Waals surface area contributed by atoms with Crippen LogP contribution in [0.5, 0.6) is 0 Å². The molecule has 0 spiro atoms. The zero-order chi connectivity index (χ0) is 19.2. The number of rotatable bonds is 12. The predicted molar refractivity (Wildman–Crippen MR) is 105 cm³/mol. The van der Waals surface area contributed by atoms with Crippen molar-refractivity contribution < 1.29 is 19.8 Å². The summed E-state index contributed by atoms with van der Waals surface area (Å²) in [6.45, 7) is 2.07. The number of oxime groups is 1. The molecule has 0 aliphatic heterocycles. The molecule has 5 nitrogen and oxygen atoms in total. The van der Waals surface area contributed by atoms with Gasteiger partial charge in [0.1, 0.15) is 12.8 Å². The molecule has 5 heteroatoms. The topological polar surface area (TPSA) is 79.1 Å². The van der Waals surface area contributed by atoms with Crippen LogP contribution in [0.2, 0.25) is 0 Å².